The van der Waals surface area contributed by atoms with Gasteiger partial charge in [0.05, 0.1) is 38.9 Å². The van der Waals surface area contributed by atoms with Gasteiger partial charge in [-0.25, -0.2) is 4.98 Å². The second-order valence-corrected chi connectivity index (χ2v) is 18.7. The molecule has 0 aliphatic heterocycles. The van der Waals surface area contributed by atoms with Gasteiger partial charge >= 0.3 is 0 Å². The largest absolute Gasteiger partial charge is 0.507 e. The predicted octanol–water partition coefficient (Wildman–Crippen LogP) is 15.9. The number of imidazole rings is 1. The summed E-state index contributed by atoms with van der Waals surface area (Å²) < 4.78 is 116. The van der Waals surface area contributed by atoms with Gasteiger partial charge in [0.1, 0.15) is 11.6 Å². The molecular formula is C58H61N3O. The van der Waals surface area contributed by atoms with E-state index in [1.54, 1.807) is 57.4 Å². The van der Waals surface area contributed by atoms with Gasteiger partial charge in [-0.1, -0.05) is 148 Å². The van der Waals surface area contributed by atoms with Crippen molar-refractivity contribution in [3.8, 4) is 67.5 Å². The maximum Gasteiger partial charge on any atom is 0.149 e. The van der Waals surface area contributed by atoms with Gasteiger partial charge in [-0.3, -0.25) is 9.55 Å². The lowest BCUT2D eigenvalue weighted by atomic mass is 9.83. The molecule has 0 aliphatic rings. The lowest BCUT2D eigenvalue weighted by Gasteiger charge is -2.22. The van der Waals surface area contributed by atoms with Gasteiger partial charge in [0, 0.05) is 24.2 Å². The van der Waals surface area contributed by atoms with Gasteiger partial charge in [-0.05, 0) is 146 Å². The Labute approximate surface area is 387 Å². The molecule has 0 saturated heterocycles. The van der Waals surface area contributed by atoms with Gasteiger partial charge in [0.2, 0.25) is 0 Å². The summed E-state index contributed by atoms with van der Waals surface area (Å²) in [7, 11) is 0. The summed E-state index contributed by atoms with van der Waals surface area (Å²) in [5.41, 5.74) is 6.24. The minimum absolute atomic E-state index is 0.0126. The Balaban J connectivity index is 1.46. The maximum atomic E-state index is 12.1. The Morgan fingerprint density at radius 1 is 0.645 bits per heavy atom. The van der Waals surface area contributed by atoms with Crippen molar-refractivity contribution in [2.45, 2.75) is 106 Å². The lowest BCUT2D eigenvalue weighted by Crippen LogP contribution is -2.12. The Kier molecular flexibility index (Phi) is 7.61. The SMILES string of the molecule is [2H]c1nc(-c2cc(-c3cccc4c3nc(-c3cc(C(C)(C)C)cc(C)c3O)n4-c3ccc(-c4cc(C([2H])(C)C)cc(C([2H])(C)C)c4)cc3C([2H])([2H])[2H])cc(C(C)(C)C)c2)c([2H])c(-c2c([2H])c([2H])c([2H])c([2H])c2[2H])c1[2H]. The molecule has 6 aromatic carbocycles. The Morgan fingerprint density at radius 2 is 1.32 bits per heavy atom. The van der Waals surface area contributed by atoms with Crippen molar-refractivity contribution in [3.05, 3.63) is 167 Å². The number of phenols is 1. The fourth-order valence-corrected chi connectivity index (χ4v) is 7.73. The third kappa shape index (κ3) is 8.23. The van der Waals surface area contributed by atoms with E-state index in [1.165, 1.54) is 0 Å². The highest BCUT2D eigenvalue weighted by molar-refractivity contribution is 5.97. The number of nitrogens with zero attached hydrogens (tertiary/aromatic N) is 3. The van der Waals surface area contributed by atoms with Crippen molar-refractivity contribution >= 4 is 11.0 Å². The molecule has 2 aromatic heterocycles. The number of fused-ring (bicyclic) bond motifs is 1. The molecule has 0 atom stereocenters. The molecule has 62 heavy (non-hydrogen) atoms. The highest BCUT2D eigenvalue weighted by Gasteiger charge is 2.26. The first kappa shape index (κ1) is 29.1. The Hall–Kier alpha value is -6.26. The summed E-state index contributed by atoms with van der Waals surface area (Å²) in [5, 5.41) is 12.1. The Morgan fingerprint density at radius 3 is 1.98 bits per heavy atom. The number of phenolic OH excluding ortho intramolecular Hbond substituents is 1. The summed E-state index contributed by atoms with van der Waals surface area (Å²) >= 11 is 0. The van der Waals surface area contributed by atoms with E-state index >= 15 is 0 Å². The minimum atomic E-state index is -2.69. The van der Waals surface area contributed by atoms with Crippen molar-refractivity contribution in [3.63, 3.8) is 0 Å². The number of aromatic hydroxyl groups is 1. The average molecular weight is 829 g/mol. The molecule has 8 aromatic rings. The number of pyridine rings is 1. The number of aromatic nitrogens is 3. The van der Waals surface area contributed by atoms with Crippen molar-refractivity contribution in [2.24, 2.45) is 0 Å². The van der Waals surface area contributed by atoms with E-state index < -0.39 is 72.5 Å². The molecule has 4 nitrogen and oxygen atoms in total. The standard InChI is InChI=1S/C58H61N3O/c1-35(2)42-27-43(36(3)4)29-44(28-42)40-21-22-52(37(5)25-40)61-53-20-16-19-49(54(53)60-56(61)50-34-47(57(7,8)9)26-38(6)55(50)62)45-30-46(32-48(31-45)58(10,11)12)51-33-41(23-24-59-51)39-17-14-13-15-18-39/h13-36,62H,1-12H3/i5D3,13D,14D,15D,17D,18D,23D,24D,33D,35D,36D. The minimum Gasteiger partial charge on any atom is -0.507 e. The Bertz CT molecular complexity index is 3580. The van der Waals surface area contributed by atoms with Gasteiger partial charge in [0.25, 0.3) is 0 Å². The molecule has 314 valence electrons. The van der Waals surface area contributed by atoms with E-state index in [0.717, 1.165) is 11.1 Å². The van der Waals surface area contributed by atoms with Crippen LogP contribution in [0, 0.1) is 13.8 Å². The van der Waals surface area contributed by atoms with E-state index in [2.05, 4.69) is 25.8 Å². The van der Waals surface area contributed by atoms with Crippen LogP contribution >= 0.6 is 0 Å². The summed E-state index contributed by atoms with van der Waals surface area (Å²) in [6, 6.07) is 21.5. The van der Waals surface area contributed by atoms with Crippen LogP contribution in [0.1, 0.15) is 132 Å². The highest BCUT2D eigenvalue weighted by atomic mass is 16.3. The van der Waals surface area contributed by atoms with E-state index in [-0.39, 0.29) is 45.1 Å². The second-order valence-electron chi connectivity index (χ2n) is 18.7. The summed E-state index contributed by atoms with van der Waals surface area (Å²) in [4.78, 5) is 9.78. The molecule has 0 unspecified atom stereocenters. The summed E-state index contributed by atoms with van der Waals surface area (Å²) in [6.07, 6.45) is -0.562. The van der Waals surface area contributed by atoms with E-state index in [1.807, 2.05) is 87.5 Å². The van der Waals surface area contributed by atoms with E-state index in [0.29, 0.717) is 61.1 Å². The number of hydrogen-bond acceptors (Lipinski definition) is 3. The zero-order valence-corrected chi connectivity index (χ0v) is 37.4. The zero-order chi connectivity index (χ0) is 55.6. The van der Waals surface area contributed by atoms with Crippen LogP contribution in [-0.2, 0) is 10.8 Å². The third-order valence-corrected chi connectivity index (χ3v) is 11.5. The summed E-state index contributed by atoms with van der Waals surface area (Å²) in [5.74, 6) is -1.82. The molecule has 0 aliphatic carbocycles. The number of benzene rings is 6. The van der Waals surface area contributed by atoms with Gasteiger partial charge in [0.15, 0.2) is 0 Å². The molecule has 0 bridgehead atoms. The third-order valence-electron chi connectivity index (χ3n) is 11.5. The van der Waals surface area contributed by atoms with Crippen molar-refractivity contribution in [1.82, 2.24) is 14.5 Å². The van der Waals surface area contributed by atoms with Crippen LogP contribution in [0.15, 0.2) is 133 Å². The van der Waals surface area contributed by atoms with Crippen LogP contribution in [0.3, 0.4) is 0 Å². The van der Waals surface area contributed by atoms with E-state index in [9.17, 15) is 6.48 Å². The first-order valence-corrected chi connectivity index (χ1v) is 20.9. The quantitative estimate of drug-likeness (QED) is 0.166. The second kappa shape index (κ2) is 16.2. The lowest BCUT2D eigenvalue weighted by molar-refractivity contribution is 0.471. The molecule has 0 radical (unpaired) electrons. The normalized spacial score (nSPS) is 15.8. The van der Waals surface area contributed by atoms with Crippen LogP contribution in [0.2, 0.25) is 0 Å². The highest BCUT2D eigenvalue weighted by Crippen LogP contribution is 2.43. The van der Waals surface area contributed by atoms with Crippen LogP contribution in [0.4, 0.5) is 0 Å². The first-order valence-electron chi connectivity index (χ1n) is 27.4. The van der Waals surface area contributed by atoms with Crippen LogP contribution in [-0.4, -0.2) is 19.6 Å². The topological polar surface area (TPSA) is 50.9 Å². The molecule has 0 fully saturated rings. The van der Waals surface area contributed by atoms with Crippen LogP contribution < -0.4 is 0 Å². The molecule has 2 heterocycles. The number of para-hydroxylation sites is 1. The number of aryl methyl sites for hydroxylation is 2. The van der Waals surface area contributed by atoms with Crippen LogP contribution in [0.5, 0.6) is 5.75 Å². The molecule has 4 heteroatoms. The number of hydrogen-bond donors (Lipinski definition) is 1. The van der Waals surface area contributed by atoms with Crippen LogP contribution in [0.25, 0.3) is 72.7 Å². The molecule has 0 amide bonds. The number of rotatable bonds is 8. The van der Waals surface area contributed by atoms with Gasteiger partial charge in [-0.2, -0.15) is 0 Å². The van der Waals surface area contributed by atoms with Gasteiger partial charge < -0.3 is 5.11 Å². The average Bonchev–Trinajstić information content (AvgIpc) is 3.70. The zero-order valence-electron chi connectivity index (χ0n) is 50.4. The monoisotopic (exact) mass is 829 g/mol. The van der Waals surface area contributed by atoms with E-state index in [4.69, 9.17) is 21.4 Å². The van der Waals surface area contributed by atoms with Crippen molar-refractivity contribution in [1.29, 1.82) is 0 Å². The first-order chi connectivity index (χ1) is 34.5. The van der Waals surface area contributed by atoms with Crippen molar-refractivity contribution < 1.29 is 22.9 Å². The summed E-state index contributed by atoms with van der Waals surface area (Å²) in [6.45, 7) is 18.4. The smallest absolute Gasteiger partial charge is 0.149 e. The maximum absolute atomic E-state index is 12.1. The fraction of sp³-hybridized carbons (Fsp3) is 0.276. The molecule has 0 saturated carbocycles. The predicted molar refractivity (Wildman–Crippen MR) is 263 cm³/mol. The molecular weight excluding hydrogens is 755 g/mol. The van der Waals surface area contributed by atoms with Gasteiger partial charge in [-0.15, -0.1) is 0 Å². The molecule has 0 spiro atoms. The fourth-order valence-electron chi connectivity index (χ4n) is 7.73. The molecule has 1 N–H and O–H groups in total. The van der Waals surface area contributed by atoms with Crippen molar-refractivity contribution in [2.75, 3.05) is 0 Å². The molecule has 8 rings (SSSR count).